The summed E-state index contributed by atoms with van der Waals surface area (Å²) >= 11 is 0. The zero-order valence-electron chi connectivity index (χ0n) is 18.5. The summed E-state index contributed by atoms with van der Waals surface area (Å²) < 4.78 is 27.0. The smallest absolute Gasteiger partial charge is 0.305 e. The van der Waals surface area contributed by atoms with E-state index in [-0.39, 0.29) is 11.8 Å². The molecule has 1 aromatic heterocycles. The van der Waals surface area contributed by atoms with Crippen LogP contribution in [0.2, 0.25) is 0 Å². The fraction of sp³-hybridized carbons (Fsp3) is 0.520. The van der Waals surface area contributed by atoms with Crippen molar-refractivity contribution in [3.05, 3.63) is 58.8 Å². The van der Waals surface area contributed by atoms with Gasteiger partial charge in [-0.25, -0.2) is 13.8 Å². The lowest BCUT2D eigenvalue weighted by Crippen LogP contribution is -2.56. The minimum absolute atomic E-state index is 0.111. The van der Waals surface area contributed by atoms with Gasteiger partial charge in [-0.15, -0.1) is 0 Å². The van der Waals surface area contributed by atoms with Crippen molar-refractivity contribution in [3.63, 3.8) is 0 Å². The molecule has 0 amide bonds. The summed E-state index contributed by atoms with van der Waals surface area (Å²) in [6, 6.07) is 7.57. The predicted octanol–water partition coefficient (Wildman–Crippen LogP) is 4.97. The molecule has 1 fully saturated rings. The molecule has 1 saturated heterocycles. The number of halogens is 2. The Bertz CT molecular complexity index is 976. The van der Waals surface area contributed by atoms with Crippen LogP contribution in [0.5, 0.6) is 0 Å². The van der Waals surface area contributed by atoms with Gasteiger partial charge in [0.15, 0.2) is 11.6 Å². The normalized spacial score (nSPS) is 18.3. The average molecular weight is 444 g/mol. The molecule has 0 radical (unpaired) electrons. The number of fused-ring (bicyclic) bond motifs is 1. The maximum Gasteiger partial charge on any atom is 0.305 e. The number of benzene rings is 1. The van der Waals surface area contributed by atoms with Crippen LogP contribution >= 0.6 is 0 Å². The van der Waals surface area contributed by atoms with E-state index in [1.54, 1.807) is 0 Å². The van der Waals surface area contributed by atoms with Crippen molar-refractivity contribution in [2.75, 3.05) is 25.0 Å². The number of unbranched alkanes of at least 4 members (excludes halogenated alkanes) is 1. The molecule has 1 unspecified atom stereocenters. The number of carboxylic acid groups (broad SMARTS) is 1. The molecule has 0 saturated carbocycles. The van der Waals surface area contributed by atoms with Gasteiger partial charge in [-0.05, 0) is 66.8 Å². The van der Waals surface area contributed by atoms with Crippen LogP contribution in [0.15, 0.2) is 30.3 Å². The third-order valence-electron chi connectivity index (χ3n) is 6.72. The number of anilines is 1. The Hall–Kier alpha value is -2.54. The van der Waals surface area contributed by atoms with Crippen LogP contribution in [-0.2, 0) is 17.6 Å². The molecule has 7 heteroatoms. The van der Waals surface area contributed by atoms with Crippen LogP contribution in [0.1, 0.15) is 61.9 Å². The first-order valence-corrected chi connectivity index (χ1v) is 11.5. The summed E-state index contributed by atoms with van der Waals surface area (Å²) in [6.07, 6.45) is 6.26. The molecule has 3 heterocycles. The summed E-state index contributed by atoms with van der Waals surface area (Å²) in [5, 5.41) is 12.7. The van der Waals surface area contributed by atoms with Crippen molar-refractivity contribution in [2.45, 2.75) is 57.9 Å². The van der Waals surface area contributed by atoms with E-state index in [1.165, 1.54) is 11.6 Å². The molecule has 2 N–H and O–H groups in total. The first kappa shape index (κ1) is 22.6. The van der Waals surface area contributed by atoms with Gasteiger partial charge in [0, 0.05) is 31.4 Å². The minimum atomic E-state index is -0.944. The summed E-state index contributed by atoms with van der Waals surface area (Å²) in [4.78, 5) is 18.2. The highest BCUT2D eigenvalue weighted by molar-refractivity contribution is 5.68. The molecule has 2 aliphatic heterocycles. The molecule has 4 rings (SSSR count). The van der Waals surface area contributed by atoms with Gasteiger partial charge in [-0.3, -0.25) is 9.69 Å². The van der Waals surface area contributed by atoms with Crippen LogP contribution in [0.25, 0.3) is 0 Å². The van der Waals surface area contributed by atoms with Crippen molar-refractivity contribution < 1.29 is 18.7 Å². The number of aliphatic carboxylic acids is 1. The van der Waals surface area contributed by atoms with E-state index >= 15 is 0 Å². The van der Waals surface area contributed by atoms with E-state index < -0.39 is 23.6 Å². The van der Waals surface area contributed by atoms with Gasteiger partial charge in [0.2, 0.25) is 0 Å². The Morgan fingerprint density at radius 2 is 2.03 bits per heavy atom. The lowest BCUT2D eigenvalue weighted by Gasteiger charge is -2.52. The first-order chi connectivity index (χ1) is 15.3. The number of carbonyl (C=O) groups is 1. The highest BCUT2D eigenvalue weighted by Gasteiger charge is 2.42. The molecule has 0 spiro atoms. The van der Waals surface area contributed by atoms with Crippen molar-refractivity contribution in [3.8, 4) is 0 Å². The molecule has 32 heavy (non-hydrogen) atoms. The van der Waals surface area contributed by atoms with Gasteiger partial charge in [0.1, 0.15) is 5.82 Å². The Morgan fingerprint density at radius 3 is 2.78 bits per heavy atom. The highest BCUT2D eigenvalue weighted by Crippen LogP contribution is 2.41. The van der Waals surface area contributed by atoms with Gasteiger partial charge in [0.25, 0.3) is 0 Å². The van der Waals surface area contributed by atoms with Crippen LogP contribution < -0.4 is 5.32 Å². The predicted molar refractivity (Wildman–Crippen MR) is 120 cm³/mol. The summed E-state index contributed by atoms with van der Waals surface area (Å²) in [6.45, 7) is 4.72. The maximum absolute atomic E-state index is 13.7. The van der Waals surface area contributed by atoms with Gasteiger partial charge in [-0.1, -0.05) is 25.5 Å². The highest BCUT2D eigenvalue weighted by atomic mass is 19.2. The molecule has 5 nitrogen and oxygen atoms in total. The SMILES string of the molecule is CC1(CCCCc2ccc3c(n2)NCCC3)CN(C(CC(=O)O)c2ccc(F)c(F)c2)C1. The number of aryl methyl sites for hydroxylation is 2. The number of rotatable bonds is 9. The third kappa shape index (κ3) is 5.26. The number of hydrogen-bond acceptors (Lipinski definition) is 4. The maximum atomic E-state index is 13.7. The van der Waals surface area contributed by atoms with Crippen molar-refractivity contribution >= 4 is 11.8 Å². The van der Waals surface area contributed by atoms with Crippen LogP contribution in [0, 0.1) is 17.0 Å². The Morgan fingerprint density at radius 1 is 1.22 bits per heavy atom. The first-order valence-electron chi connectivity index (χ1n) is 11.5. The minimum Gasteiger partial charge on any atom is -0.481 e. The number of nitrogens with one attached hydrogen (secondary N) is 1. The number of carboxylic acids is 1. The number of aromatic nitrogens is 1. The number of pyridine rings is 1. The molecule has 172 valence electrons. The fourth-order valence-electron chi connectivity index (χ4n) is 5.02. The Balaban J connectivity index is 1.28. The lowest BCUT2D eigenvalue weighted by atomic mass is 9.75. The second-order valence-corrected chi connectivity index (χ2v) is 9.55. The number of hydrogen-bond donors (Lipinski definition) is 2. The van der Waals surface area contributed by atoms with Crippen LogP contribution in [0.3, 0.4) is 0 Å². The Labute approximate surface area is 187 Å². The molecule has 1 aromatic carbocycles. The summed E-state index contributed by atoms with van der Waals surface area (Å²) in [5.74, 6) is -1.76. The number of likely N-dealkylation sites (tertiary alicyclic amines) is 1. The molecular weight excluding hydrogens is 412 g/mol. The summed E-state index contributed by atoms with van der Waals surface area (Å²) in [5.41, 5.74) is 3.05. The second-order valence-electron chi connectivity index (χ2n) is 9.55. The van der Waals surface area contributed by atoms with E-state index in [0.29, 0.717) is 5.56 Å². The van der Waals surface area contributed by atoms with Gasteiger partial charge in [0.05, 0.1) is 6.42 Å². The second kappa shape index (κ2) is 9.53. The van der Waals surface area contributed by atoms with E-state index in [9.17, 15) is 18.7 Å². The lowest BCUT2D eigenvalue weighted by molar-refractivity contribution is -0.140. The quantitative estimate of drug-likeness (QED) is 0.536. The number of nitrogens with zero attached hydrogens (tertiary/aromatic N) is 2. The van der Waals surface area contributed by atoms with Crippen LogP contribution in [0.4, 0.5) is 14.6 Å². The molecular formula is C25H31F2N3O2. The average Bonchev–Trinajstić information content (AvgIpc) is 2.75. The topological polar surface area (TPSA) is 65.5 Å². The van der Waals surface area contributed by atoms with E-state index in [0.717, 1.165) is 81.8 Å². The Kier molecular flexibility index (Phi) is 6.74. The van der Waals surface area contributed by atoms with Crippen molar-refractivity contribution in [1.29, 1.82) is 0 Å². The molecule has 1 atom stereocenters. The van der Waals surface area contributed by atoms with Gasteiger partial charge >= 0.3 is 5.97 Å². The molecule has 0 aliphatic carbocycles. The molecule has 0 bridgehead atoms. The fourth-order valence-corrected chi connectivity index (χ4v) is 5.02. The van der Waals surface area contributed by atoms with Gasteiger partial charge < -0.3 is 10.4 Å². The molecule has 2 aromatic rings. The zero-order chi connectivity index (χ0) is 22.7. The molecule has 2 aliphatic rings. The van der Waals surface area contributed by atoms with Crippen molar-refractivity contribution in [2.24, 2.45) is 5.41 Å². The van der Waals surface area contributed by atoms with E-state index in [2.05, 4.69) is 29.3 Å². The van der Waals surface area contributed by atoms with E-state index in [1.807, 2.05) is 0 Å². The largest absolute Gasteiger partial charge is 0.481 e. The van der Waals surface area contributed by atoms with Crippen LogP contribution in [-0.4, -0.2) is 40.6 Å². The van der Waals surface area contributed by atoms with E-state index in [4.69, 9.17) is 4.98 Å². The van der Waals surface area contributed by atoms with Crippen molar-refractivity contribution in [1.82, 2.24) is 9.88 Å². The standard InChI is InChI=1S/C25H31F2N3O2/c1-25(11-3-2-6-19-9-7-17-5-4-12-28-24(17)29-19)15-30(16-25)22(14-23(31)32)18-8-10-20(26)21(27)13-18/h7-10,13,22H,2-6,11-12,14-16H2,1H3,(H,28,29)(H,31,32). The zero-order valence-corrected chi connectivity index (χ0v) is 18.5. The third-order valence-corrected chi connectivity index (χ3v) is 6.72. The monoisotopic (exact) mass is 443 g/mol. The summed E-state index contributed by atoms with van der Waals surface area (Å²) in [7, 11) is 0. The van der Waals surface area contributed by atoms with Gasteiger partial charge in [-0.2, -0.15) is 0 Å².